The number of hydrogen-bond acceptors (Lipinski definition) is 5. The highest BCUT2D eigenvalue weighted by molar-refractivity contribution is 5.87. The average Bonchev–Trinajstić information content (AvgIpc) is 2.89. The van der Waals surface area contributed by atoms with Gasteiger partial charge in [0.05, 0.1) is 5.39 Å². The Morgan fingerprint density at radius 3 is 3.16 bits per heavy atom. The van der Waals surface area contributed by atoms with Crippen molar-refractivity contribution in [2.75, 3.05) is 25.0 Å². The number of anilines is 1. The van der Waals surface area contributed by atoms with E-state index in [0.717, 1.165) is 29.8 Å². The highest BCUT2D eigenvalue weighted by Gasteiger charge is 2.30. The molecule has 3 heterocycles. The van der Waals surface area contributed by atoms with E-state index in [2.05, 4.69) is 26.8 Å². The third-order valence-corrected chi connectivity index (χ3v) is 4.06. The molecule has 1 fully saturated rings. The number of H-pyrrole nitrogens is 1. The van der Waals surface area contributed by atoms with Gasteiger partial charge in [-0.15, -0.1) is 0 Å². The van der Waals surface area contributed by atoms with Crippen molar-refractivity contribution in [3.8, 4) is 0 Å². The van der Waals surface area contributed by atoms with Crippen LogP contribution in [0.15, 0.2) is 18.6 Å². The van der Waals surface area contributed by atoms with Crippen molar-refractivity contribution >= 4 is 16.9 Å². The number of hydroxylamine groups is 2. The maximum atomic E-state index is 9.73. The van der Waals surface area contributed by atoms with E-state index in [-0.39, 0.29) is 6.04 Å². The highest BCUT2D eigenvalue weighted by atomic mass is 16.5. The summed E-state index contributed by atoms with van der Waals surface area (Å²) in [6.07, 6.45) is 4.45. The second-order valence-electron chi connectivity index (χ2n) is 5.29. The van der Waals surface area contributed by atoms with Crippen LogP contribution in [0.1, 0.15) is 13.3 Å². The van der Waals surface area contributed by atoms with Crippen molar-refractivity contribution in [1.29, 1.82) is 0 Å². The van der Waals surface area contributed by atoms with Crippen LogP contribution >= 0.6 is 0 Å². The predicted octanol–water partition coefficient (Wildman–Crippen LogP) is 1.49. The molecule has 6 heteroatoms. The minimum absolute atomic E-state index is 0.256. The first kappa shape index (κ1) is 12.4. The van der Waals surface area contributed by atoms with Gasteiger partial charge in [0.2, 0.25) is 0 Å². The van der Waals surface area contributed by atoms with E-state index < -0.39 is 0 Å². The quantitative estimate of drug-likeness (QED) is 0.857. The third-order valence-electron chi connectivity index (χ3n) is 4.06. The molecule has 0 aliphatic carbocycles. The SMILES string of the molecule is C[C@@H]1CCN(O)C[C@@H]1N(C)c1ncnc2[nH]ccc12. The minimum Gasteiger partial charge on any atom is -0.354 e. The van der Waals surface area contributed by atoms with Gasteiger partial charge in [0.25, 0.3) is 0 Å². The Morgan fingerprint density at radius 1 is 1.47 bits per heavy atom. The molecular weight excluding hydrogens is 242 g/mol. The highest BCUT2D eigenvalue weighted by Crippen LogP contribution is 2.27. The average molecular weight is 261 g/mol. The molecule has 1 aliphatic heterocycles. The van der Waals surface area contributed by atoms with E-state index in [0.29, 0.717) is 12.5 Å². The molecule has 2 aromatic heterocycles. The van der Waals surface area contributed by atoms with Crippen molar-refractivity contribution in [1.82, 2.24) is 20.0 Å². The van der Waals surface area contributed by atoms with Gasteiger partial charge >= 0.3 is 0 Å². The van der Waals surface area contributed by atoms with Crippen molar-refractivity contribution in [3.63, 3.8) is 0 Å². The summed E-state index contributed by atoms with van der Waals surface area (Å²) in [6, 6.07) is 2.25. The molecule has 1 aliphatic rings. The van der Waals surface area contributed by atoms with E-state index in [4.69, 9.17) is 0 Å². The second kappa shape index (κ2) is 4.79. The molecule has 0 bridgehead atoms. The van der Waals surface area contributed by atoms with Gasteiger partial charge in [0.15, 0.2) is 0 Å². The van der Waals surface area contributed by atoms with Crippen LogP contribution in [-0.4, -0.2) is 51.4 Å². The summed E-state index contributed by atoms with van der Waals surface area (Å²) in [4.78, 5) is 13.9. The van der Waals surface area contributed by atoms with Gasteiger partial charge in [-0.25, -0.2) is 9.97 Å². The number of nitrogens with one attached hydrogen (secondary N) is 1. The number of likely N-dealkylation sites (N-methyl/N-ethyl adjacent to an activating group) is 1. The molecule has 102 valence electrons. The summed E-state index contributed by atoms with van der Waals surface area (Å²) in [5.41, 5.74) is 0.848. The number of aromatic nitrogens is 3. The topological polar surface area (TPSA) is 68.3 Å². The Labute approximate surface area is 112 Å². The van der Waals surface area contributed by atoms with E-state index >= 15 is 0 Å². The second-order valence-corrected chi connectivity index (χ2v) is 5.29. The number of hydrogen-bond donors (Lipinski definition) is 2. The van der Waals surface area contributed by atoms with Crippen molar-refractivity contribution in [3.05, 3.63) is 18.6 Å². The maximum absolute atomic E-state index is 9.73. The Hall–Kier alpha value is -1.66. The van der Waals surface area contributed by atoms with E-state index in [1.165, 1.54) is 5.06 Å². The summed E-state index contributed by atoms with van der Waals surface area (Å²) < 4.78 is 0. The maximum Gasteiger partial charge on any atom is 0.142 e. The molecule has 3 rings (SSSR count). The van der Waals surface area contributed by atoms with Crippen LogP contribution in [0.25, 0.3) is 11.0 Å². The Kier molecular flexibility index (Phi) is 3.12. The molecule has 2 N–H and O–H groups in total. The molecule has 0 unspecified atom stereocenters. The molecule has 0 aromatic carbocycles. The number of fused-ring (bicyclic) bond motifs is 1. The van der Waals surface area contributed by atoms with Crippen molar-refractivity contribution < 1.29 is 5.21 Å². The minimum atomic E-state index is 0.256. The molecule has 0 saturated carbocycles. The first-order chi connectivity index (χ1) is 9.16. The lowest BCUT2D eigenvalue weighted by Gasteiger charge is -2.39. The lowest BCUT2D eigenvalue weighted by molar-refractivity contribution is -0.116. The largest absolute Gasteiger partial charge is 0.354 e. The molecule has 2 aromatic rings. The molecule has 19 heavy (non-hydrogen) atoms. The van der Waals surface area contributed by atoms with Crippen LogP contribution in [0, 0.1) is 5.92 Å². The number of piperidine rings is 1. The zero-order valence-electron chi connectivity index (χ0n) is 11.2. The standard InChI is InChI=1S/C13H19N5O/c1-9-4-6-18(19)7-11(9)17(2)13-10-3-5-14-12(10)15-8-16-13/h3,5,8-9,11,19H,4,6-7H2,1-2H3,(H,14,15,16)/t9-,11+/m1/s1. The van der Waals surface area contributed by atoms with Gasteiger partial charge in [-0.1, -0.05) is 6.92 Å². The van der Waals surface area contributed by atoms with Crippen molar-refractivity contribution in [2.45, 2.75) is 19.4 Å². The molecule has 0 radical (unpaired) electrons. The van der Waals surface area contributed by atoms with Crippen molar-refractivity contribution in [2.24, 2.45) is 5.92 Å². The van der Waals surface area contributed by atoms with Crippen LogP contribution < -0.4 is 4.90 Å². The molecule has 1 saturated heterocycles. The Balaban J connectivity index is 1.94. The number of nitrogens with zero attached hydrogens (tertiary/aromatic N) is 4. The molecular formula is C13H19N5O. The van der Waals surface area contributed by atoms with Gasteiger partial charge < -0.3 is 15.1 Å². The van der Waals surface area contributed by atoms with E-state index in [9.17, 15) is 5.21 Å². The van der Waals surface area contributed by atoms with E-state index in [1.54, 1.807) is 6.33 Å². The first-order valence-corrected chi connectivity index (χ1v) is 6.61. The fourth-order valence-corrected chi connectivity index (χ4v) is 2.83. The first-order valence-electron chi connectivity index (χ1n) is 6.61. The van der Waals surface area contributed by atoms with Gasteiger partial charge in [-0.2, -0.15) is 5.06 Å². The number of aromatic amines is 1. The molecule has 0 spiro atoms. The third kappa shape index (κ3) is 2.17. The zero-order valence-corrected chi connectivity index (χ0v) is 11.2. The van der Waals surface area contributed by atoms with Crippen LogP contribution in [0.4, 0.5) is 5.82 Å². The lowest BCUT2D eigenvalue weighted by Crippen LogP contribution is -2.50. The summed E-state index contributed by atoms with van der Waals surface area (Å²) in [6.45, 7) is 3.62. The fraction of sp³-hybridized carbons (Fsp3) is 0.538. The lowest BCUT2D eigenvalue weighted by atomic mass is 9.93. The smallest absolute Gasteiger partial charge is 0.142 e. The summed E-state index contributed by atoms with van der Waals surface area (Å²) >= 11 is 0. The number of rotatable bonds is 2. The molecule has 0 amide bonds. The van der Waals surface area contributed by atoms with Gasteiger partial charge in [-0.3, -0.25) is 0 Å². The molecule has 2 atom stereocenters. The van der Waals surface area contributed by atoms with Crippen LogP contribution in [0.3, 0.4) is 0 Å². The Bertz CT molecular complexity index is 569. The zero-order chi connectivity index (χ0) is 13.4. The Morgan fingerprint density at radius 2 is 2.32 bits per heavy atom. The van der Waals surface area contributed by atoms with Crippen LogP contribution in [-0.2, 0) is 0 Å². The van der Waals surface area contributed by atoms with Gasteiger partial charge in [-0.05, 0) is 18.4 Å². The summed E-state index contributed by atoms with van der Waals surface area (Å²) in [5.74, 6) is 1.44. The van der Waals surface area contributed by atoms with Gasteiger partial charge in [0.1, 0.15) is 17.8 Å². The van der Waals surface area contributed by atoms with E-state index in [1.807, 2.05) is 19.3 Å². The predicted molar refractivity (Wildman–Crippen MR) is 73.2 cm³/mol. The van der Waals surface area contributed by atoms with Crippen LogP contribution in [0.5, 0.6) is 0 Å². The summed E-state index contributed by atoms with van der Waals surface area (Å²) in [7, 11) is 2.04. The summed E-state index contributed by atoms with van der Waals surface area (Å²) in [5, 5.41) is 12.2. The normalized spacial score (nSPS) is 24.8. The molecule has 6 nitrogen and oxygen atoms in total. The van der Waals surface area contributed by atoms with Crippen LogP contribution in [0.2, 0.25) is 0 Å². The van der Waals surface area contributed by atoms with Gasteiger partial charge in [0, 0.05) is 32.4 Å². The monoisotopic (exact) mass is 261 g/mol. The fourth-order valence-electron chi connectivity index (χ4n) is 2.83.